The van der Waals surface area contributed by atoms with Crippen LogP contribution in [0.25, 0.3) is 0 Å². The van der Waals surface area contributed by atoms with E-state index in [1.165, 1.54) is 0 Å². The van der Waals surface area contributed by atoms with Gasteiger partial charge in [0.1, 0.15) is 5.82 Å². The largest absolute Gasteiger partial charge is 0.307 e. The fourth-order valence-electron chi connectivity index (χ4n) is 1.80. The van der Waals surface area contributed by atoms with Crippen LogP contribution < -0.4 is 5.32 Å². The highest BCUT2D eigenvalue weighted by Gasteiger charge is 2.04. The number of nitrogens with one attached hydrogen (secondary N) is 1. The Hall–Kier alpha value is -1.26. The molecule has 2 aromatic rings. The van der Waals surface area contributed by atoms with E-state index in [0.29, 0.717) is 11.1 Å². The fourth-order valence-corrected chi connectivity index (χ4v) is 2.36. The minimum Gasteiger partial charge on any atom is -0.307 e. The number of thiazole rings is 1. The summed E-state index contributed by atoms with van der Waals surface area (Å²) in [6.07, 6.45) is 0. The van der Waals surface area contributed by atoms with E-state index in [2.05, 4.69) is 10.3 Å². The molecular formula is C13H15FN2S. The van der Waals surface area contributed by atoms with Crippen molar-refractivity contribution >= 4 is 11.3 Å². The Morgan fingerprint density at radius 2 is 1.94 bits per heavy atom. The minimum absolute atomic E-state index is 0.103. The van der Waals surface area contributed by atoms with Crippen LogP contribution >= 0.6 is 11.3 Å². The summed E-state index contributed by atoms with van der Waals surface area (Å²) in [5.41, 5.74) is 5.39. The van der Waals surface area contributed by atoms with Crippen LogP contribution in [0.4, 0.5) is 4.39 Å². The van der Waals surface area contributed by atoms with Gasteiger partial charge in [0.15, 0.2) is 0 Å². The number of aryl methyl sites for hydroxylation is 2. The minimum atomic E-state index is -0.103. The van der Waals surface area contributed by atoms with Gasteiger partial charge in [0.2, 0.25) is 0 Å². The zero-order valence-electron chi connectivity index (χ0n) is 9.96. The van der Waals surface area contributed by atoms with E-state index in [4.69, 9.17) is 0 Å². The zero-order chi connectivity index (χ0) is 12.3. The molecule has 0 spiro atoms. The summed E-state index contributed by atoms with van der Waals surface area (Å²) < 4.78 is 13.4. The Balaban J connectivity index is 1.95. The van der Waals surface area contributed by atoms with Gasteiger partial charge < -0.3 is 5.32 Å². The Labute approximate surface area is 105 Å². The predicted molar refractivity (Wildman–Crippen MR) is 68.5 cm³/mol. The van der Waals surface area contributed by atoms with Crippen molar-refractivity contribution < 1.29 is 4.39 Å². The van der Waals surface area contributed by atoms with Gasteiger partial charge in [-0.1, -0.05) is 12.1 Å². The van der Waals surface area contributed by atoms with Crippen LogP contribution in [0.15, 0.2) is 23.0 Å². The van der Waals surface area contributed by atoms with Gasteiger partial charge in [0.05, 0.1) is 11.2 Å². The summed E-state index contributed by atoms with van der Waals surface area (Å²) in [6.45, 7) is 5.08. The lowest BCUT2D eigenvalue weighted by Crippen LogP contribution is -2.13. The highest BCUT2D eigenvalue weighted by atomic mass is 32.1. The number of nitrogens with zero attached hydrogens (tertiary/aromatic N) is 1. The third-order valence-corrected chi connectivity index (χ3v) is 3.25. The molecule has 0 amide bonds. The molecule has 0 radical (unpaired) electrons. The molecule has 1 N–H and O–H groups in total. The second-order valence-corrected chi connectivity index (χ2v) is 4.85. The molecular weight excluding hydrogens is 235 g/mol. The highest BCUT2D eigenvalue weighted by molar-refractivity contribution is 7.07. The Morgan fingerprint density at radius 1 is 1.24 bits per heavy atom. The number of hydrogen-bond donors (Lipinski definition) is 1. The molecule has 2 rings (SSSR count). The molecule has 2 nitrogen and oxygen atoms in total. The Kier molecular flexibility index (Phi) is 3.86. The molecule has 0 unspecified atom stereocenters. The second kappa shape index (κ2) is 5.38. The maximum atomic E-state index is 13.4. The van der Waals surface area contributed by atoms with Gasteiger partial charge in [0, 0.05) is 18.5 Å². The van der Waals surface area contributed by atoms with Crippen molar-refractivity contribution in [1.82, 2.24) is 10.3 Å². The van der Waals surface area contributed by atoms with Gasteiger partial charge >= 0.3 is 0 Å². The maximum absolute atomic E-state index is 13.4. The van der Waals surface area contributed by atoms with Crippen molar-refractivity contribution in [2.45, 2.75) is 26.9 Å². The van der Waals surface area contributed by atoms with Crippen molar-refractivity contribution in [3.8, 4) is 0 Å². The lowest BCUT2D eigenvalue weighted by molar-refractivity contribution is 0.605. The van der Waals surface area contributed by atoms with Crippen molar-refractivity contribution in [2.75, 3.05) is 0 Å². The monoisotopic (exact) mass is 250 g/mol. The third kappa shape index (κ3) is 3.11. The van der Waals surface area contributed by atoms with E-state index in [1.54, 1.807) is 25.2 Å². The molecule has 4 heteroatoms. The summed E-state index contributed by atoms with van der Waals surface area (Å²) >= 11 is 1.59. The fraction of sp³-hybridized carbons (Fsp3) is 0.308. The molecule has 90 valence electrons. The van der Waals surface area contributed by atoms with Gasteiger partial charge in [-0.05, 0) is 30.5 Å². The highest BCUT2D eigenvalue weighted by Crippen LogP contribution is 2.14. The number of rotatable bonds is 4. The van der Waals surface area contributed by atoms with Crippen molar-refractivity contribution in [1.29, 1.82) is 0 Å². The average Bonchev–Trinajstić information content (AvgIpc) is 2.79. The quantitative estimate of drug-likeness (QED) is 0.901. The van der Waals surface area contributed by atoms with E-state index in [-0.39, 0.29) is 5.82 Å². The second-order valence-electron chi connectivity index (χ2n) is 4.13. The van der Waals surface area contributed by atoms with E-state index >= 15 is 0 Å². The topological polar surface area (TPSA) is 24.9 Å². The van der Waals surface area contributed by atoms with E-state index < -0.39 is 0 Å². The van der Waals surface area contributed by atoms with Crippen LogP contribution in [-0.2, 0) is 13.1 Å². The van der Waals surface area contributed by atoms with E-state index in [1.807, 2.05) is 23.0 Å². The van der Waals surface area contributed by atoms with Gasteiger partial charge in [-0.15, -0.1) is 11.3 Å². The molecule has 17 heavy (non-hydrogen) atoms. The number of benzene rings is 1. The Morgan fingerprint density at radius 3 is 2.53 bits per heavy atom. The van der Waals surface area contributed by atoms with Crippen molar-refractivity contribution in [2.24, 2.45) is 0 Å². The van der Waals surface area contributed by atoms with Gasteiger partial charge in [-0.2, -0.15) is 0 Å². The molecule has 0 atom stereocenters. The molecule has 1 aromatic heterocycles. The molecule has 0 bridgehead atoms. The summed E-state index contributed by atoms with van der Waals surface area (Å²) in [7, 11) is 0. The van der Waals surface area contributed by atoms with Crippen LogP contribution in [0.5, 0.6) is 0 Å². The smallest absolute Gasteiger partial charge is 0.129 e. The maximum Gasteiger partial charge on any atom is 0.129 e. The zero-order valence-corrected chi connectivity index (χ0v) is 10.8. The van der Waals surface area contributed by atoms with Gasteiger partial charge in [-0.25, -0.2) is 9.37 Å². The average molecular weight is 250 g/mol. The molecule has 0 saturated carbocycles. The van der Waals surface area contributed by atoms with Crippen LogP contribution in [0.3, 0.4) is 0 Å². The summed E-state index contributed by atoms with van der Waals surface area (Å²) in [6, 6.07) is 3.77. The number of halogens is 1. The van der Waals surface area contributed by atoms with Crippen molar-refractivity contribution in [3.05, 3.63) is 51.2 Å². The molecule has 0 aliphatic rings. The predicted octanol–water partition coefficient (Wildman–Crippen LogP) is 3.19. The van der Waals surface area contributed by atoms with E-state index in [9.17, 15) is 4.39 Å². The lowest BCUT2D eigenvalue weighted by atomic mass is 10.1. The first-order chi connectivity index (χ1) is 8.16. The summed E-state index contributed by atoms with van der Waals surface area (Å²) in [4.78, 5) is 4.19. The van der Waals surface area contributed by atoms with Gasteiger partial charge in [-0.3, -0.25) is 0 Å². The van der Waals surface area contributed by atoms with Gasteiger partial charge in [0.25, 0.3) is 0 Å². The summed E-state index contributed by atoms with van der Waals surface area (Å²) in [5, 5.41) is 5.32. The first-order valence-electron chi connectivity index (χ1n) is 5.50. The van der Waals surface area contributed by atoms with E-state index in [0.717, 1.165) is 24.3 Å². The van der Waals surface area contributed by atoms with Crippen LogP contribution in [0.1, 0.15) is 22.4 Å². The molecule has 0 saturated heterocycles. The first kappa shape index (κ1) is 12.2. The number of aromatic nitrogens is 1. The third-order valence-electron chi connectivity index (χ3n) is 2.61. The van der Waals surface area contributed by atoms with Crippen molar-refractivity contribution in [3.63, 3.8) is 0 Å². The standard InChI is InChI=1S/C13H15FN2S/c1-9-3-11(4-10(2)13(9)14)5-15-6-12-7-17-8-16-12/h3-4,7-8,15H,5-6H2,1-2H3. The molecule has 0 aliphatic carbocycles. The van der Waals surface area contributed by atoms with Crippen LogP contribution in [-0.4, -0.2) is 4.98 Å². The Bertz CT molecular complexity index is 471. The molecule has 0 aliphatic heterocycles. The normalized spacial score (nSPS) is 10.8. The number of hydrogen-bond acceptors (Lipinski definition) is 3. The summed E-state index contributed by atoms with van der Waals surface area (Å²) in [5.74, 6) is -0.103. The SMILES string of the molecule is Cc1cc(CNCc2cscn2)cc(C)c1F. The molecule has 0 fully saturated rings. The molecule has 1 heterocycles. The first-order valence-corrected chi connectivity index (χ1v) is 6.44. The van der Waals surface area contributed by atoms with Crippen LogP contribution in [0.2, 0.25) is 0 Å². The lowest BCUT2D eigenvalue weighted by Gasteiger charge is -2.07. The van der Waals surface area contributed by atoms with Crippen LogP contribution in [0, 0.1) is 19.7 Å². The molecule has 1 aromatic carbocycles.